The number of H-pyrrole nitrogens is 1. The molecule has 1 aliphatic carbocycles. The van der Waals surface area contributed by atoms with Crippen molar-refractivity contribution in [2.45, 2.75) is 18.9 Å². The highest BCUT2D eigenvalue weighted by Gasteiger charge is 2.28. The Kier molecular flexibility index (Phi) is 2.81. The van der Waals surface area contributed by atoms with E-state index < -0.39 is 0 Å². The number of halogens is 2. The largest absolute Gasteiger partial charge is 0.296 e. The van der Waals surface area contributed by atoms with Crippen LogP contribution in [0.4, 0.5) is 0 Å². The van der Waals surface area contributed by atoms with Gasteiger partial charge in [0.05, 0.1) is 8.66 Å². The number of hydrogen-bond acceptors (Lipinski definition) is 3. The minimum Gasteiger partial charge on any atom is -0.296 e. The second-order valence-electron chi connectivity index (χ2n) is 3.69. The molecule has 1 aliphatic rings. The van der Waals surface area contributed by atoms with Crippen LogP contribution < -0.4 is 0 Å². The van der Waals surface area contributed by atoms with Crippen molar-refractivity contribution in [2.24, 2.45) is 0 Å². The molecule has 2 heterocycles. The molecule has 0 aliphatic heterocycles. The fourth-order valence-electron chi connectivity index (χ4n) is 1.61. The first-order chi connectivity index (χ1) is 7.66. The number of nitrogens with zero attached hydrogens (tertiary/aromatic N) is 2. The average molecular weight is 381 g/mol. The van der Waals surface area contributed by atoms with Gasteiger partial charge in [-0.2, -0.15) is 5.10 Å². The smallest absolute Gasteiger partial charge is 0.195 e. The maximum atomic E-state index is 5.25. The maximum absolute atomic E-state index is 5.25. The van der Waals surface area contributed by atoms with E-state index in [2.05, 4.69) is 52.7 Å². The van der Waals surface area contributed by atoms with Crippen LogP contribution in [0, 0.1) is 4.77 Å². The minimum atomic E-state index is 0.543. The van der Waals surface area contributed by atoms with E-state index in [1.165, 1.54) is 12.8 Å². The van der Waals surface area contributed by atoms with E-state index in [0.717, 1.165) is 23.7 Å². The number of rotatable bonds is 2. The second kappa shape index (κ2) is 4.04. The number of aromatic nitrogens is 3. The van der Waals surface area contributed by atoms with Gasteiger partial charge in [-0.3, -0.25) is 9.67 Å². The quantitative estimate of drug-likeness (QED) is 0.776. The summed E-state index contributed by atoms with van der Waals surface area (Å²) in [6.07, 6.45) is 2.41. The van der Waals surface area contributed by atoms with Crippen molar-refractivity contribution >= 4 is 55.4 Å². The molecule has 2 aromatic heterocycles. The van der Waals surface area contributed by atoms with Crippen LogP contribution in [0.2, 0.25) is 0 Å². The van der Waals surface area contributed by atoms with Gasteiger partial charge in [0.15, 0.2) is 10.6 Å². The molecular formula is C9H7Br2N3S2. The van der Waals surface area contributed by atoms with Crippen molar-refractivity contribution < 1.29 is 0 Å². The zero-order valence-corrected chi connectivity index (χ0v) is 12.8. The normalized spacial score (nSPS) is 15.6. The summed E-state index contributed by atoms with van der Waals surface area (Å²) >= 11 is 13.9. The Labute approximate surface area is 118 Å². The molecular weight excluding hydrogens is 374 g/mol. The van der Waals surface area contributed by atoms with Crippen molar-refractivity contribution in [3.63, 3.8) is 0 Å². The van der Waals surface area contributed by atoms with Gasteiger partial charge in [0.2, 0.25) is 0 Å². The van der Waals surface area contributed by atoms with E-state index in [4.69, 9.17) is 12.2 Å². The van der Waals surface area contributed by atoms with Crippen molar-refractivity contribution in [2.75, 3.05) is 0 Å². The van der Waals surface area contributed by atoms with Gasteiger partial charge in [0, 0.05) is 10.5 Å². The number of aromatic amines is 1. The SMILES string of the molecule is S=c1[nH]nc(-c2cc(Br)c(Br)s2)n1C1CC1. The van der Waals surface area contributed by atoms with Gasteiger partial charge in [0.25, 0.3) is 0 Å². The van der Waals surface area contributed by atoms with Crippen LogP contribution in [-0.2, 0) is 0 Å². The fraction of sp³-hybridized carbons (Fsp3) is 0.333. The van der Waals surface area contributed by atoms with Crippen LogP contribution in [0.3, 0.4) is 0 Å². The first-order valence-electron chi connectivity index (χ1n) is 4.79. The van der Waals surface area contributed by atoms with Gasteiger partial charge in [-0.1, -0.05) is 0 Å². The molecule has 0 bridgehead atoms. The molecule has 0 spiro atoms. The second-order valence-corrected chi connectivity index (χ2v) is 7.30. The highest BCUT2D eigenvalue weighted by molar-refractivity contribution is 9.13. The molecule has 1 saturated carbocycles. The summed E-state index contributed by atoms with van der Waals surface area (Å²) < 4.78 is 4.99. The van der Waals surface area contributed by atoms with Crippen molar-refractivity contribution in [3.05, 3.63) is 19.1 Å². The highest BCUT2D eigenvalue weighted by Crippen LogP contribution is 2.42. The molecule has 3 rings (SSSR count). The highest BCUT2D eigenvalue weighted by atomic mass is 79.9. The van der Waals surface area contributed by atoms with E-state index in [1.54, 1.807) is 11.3 Å². The fourth-order valence-corrected chi connectivity index (χ4v) is 3.91. The molecule has 3 nitrogen and oxygen atoms in total. The van der Waals surface area contributed by atoms with Crippen LogP contribution in [0.5, 0.6) is 0 Å². The lowest BCUT2D eigenvalue weighted by Gasteiger charge is -2.01. The van der Waals surface area contributed by atoms with Crippen molar-refractivity contribution in [1.29, 1.82) is 0 Å². The Bertz CT molecular complexity index is 575. The topological polar surface area (TPSA) is 33.6 Å². The Hall–Kier alpha value is 0.0200. The molecule has 1 fully saturated rings. The number of hydrogen-bond donors (Lipinski definition) is 1. The van der Waals surface area contributed by atoms with Crippen molar-refractivity contribution in [3.8, 4) is 10.7 Å². The van der Waals surface area contributed by atoms with Crippen LogP contribution in [0.15, 0.2) is 14.3 Å². The monoisotopic (exact) mass is 379 g/mol. The third kappa shape index (κ3) is 1.83. The predicted molar refractivity (Wildman–Crippen MR) is 74.4 cm³/mol. The standard InChI is InChI=1S/C9H7Br2N3S2/c10-5-3-6(16-7(5)11)8-12-13-9(15)14(8)4-1-2-4/h3-4H,1-2H2,(H,13,15). The van der Waals surface area contributed by atoms with Gasteiger partial charge < -0.3 is 0 Å². The maximum Gasteiger partial charge on any atom is 0.195 e. The van der Waals surface area contributed by atoms with E-state index in [-0.39, 0.29) is 0 Å². The molecule has 1 N–H and O–H groups in total. The van der Waals surface area contributed by atoms with Gasteiger partial charge in [-0.15, -0.1) is 11.3 Å². The molecule has 0 radical (unpaired) electrons. The third-order valence-electron chi connectivity index (χ3n) is 2.48. The molecule has 0 atom stereocenters. The van der Waals surface area contributed by atoms with Gasteiger partial charge in [-0.25, -0.2) is 0 Å². The van der Waals surface area contributed by atoms with Crippen LogP contribution >= 0.6 is 55.4 Å². The lowest BCUT2D eigenvalue weighted by Crippen LogP contribution is -1.95. The molecule has 16 heavy (non-hydrogen) atoms. The van der Waals surface area contributed by atoms with E-state index in [0.29, 0.717) is 6.04 Å². The Morgan fingerprint density at radius 1 is 1.50 bits per heavy atom. The first-order valence-corrected chi connectivity index (χ1v) is 7.60. The summed E-state index contributed by atoms with van der Waals surface area (Å²) in [5.41, 5.74) is 0. The Morgan fingerprint density at radius 3 is 2.81 bits per heavy atom. The zero-order valence-electron chi connectivity index (χ0n) is 8.04. The summed E-state index contributed by atoms with van der Waals surface area (Å²) in [5, 5.41) is 7.19. The number of thiophene rings is 1. The summed E-state index contributed by atoms with van der Waals surface area (Å²) in [4.78, 5) is 1.12. The summed E-state index contributed by atoms with van der Waals surface area (Å²) in [5.74, 6) is 0.948. The molecule has 0 unspecified atom stereocenters. The van der Waals surface area contributed by atoms with Gasteiger partial charge in [0.1, 0.15) is 0 Å². The van der Waals surface area contributed by atoms with Gasteiger partial charge in [-0.05, 0) is 63.0 Å². The Morgan fingerprint density at radius 2 is 2.25 bits per heavy atom. The zero-order chi connectivity index (χ0) is 11.3. The summed E-state index contributed by atoms with van der Waals surface area (Å²) in [6, 6.07) is 2.61. The average Bonchev–Trinajstić information content (AvgIpc) is 2.93. The summed E-state index contributed by atoms with van der Waals surface area (Å²) in [6.45, 7) is 0. The van der Waals surface area contributed by atoms with Crippen molar-refractivity contribution in [1.82, 2.24) is 14.8 Å². The molecule has 0 amide bonds. The number of nitrogens with one attached hydrogen (secondary N) is 1. The van der Waals surface area contributed by atoms with Crippen LogP contribution in [0.25, 0.3) is 10.7 Å². The first kappa shape index (κ1) is 11.1. The molecule has 0 saturated heterocycles. The van der Waals surface area contributed by atoms with Gasteiger partial charge >= 0.3 is 0 Å². The predicted octanol–water partition coefficient (Wildman–Crippen LogP) is 4.53. The van der Waals surface area contributed by atoms with Crippen LogP contribution in [0.1, 0.15) is 18.9 Å². The Balaban J connectivity index is 2.15. The summed E-state index contributed by atoms with van der Waals surface area (Å²) in [7, 11) is 0. The van der Waals surface area contributed by atoms with Crippen LogP contribution in [-0.4, -0.2) is 14.8 Å². The molecule has 7 heteroatoms. The van der Waals surface area contributed by atoms with E-state index >= 15 is 0 Å². The third-order valence-corrected chi connectivity index (χ3v) is 6.02. The molecule has 2 aromatic rings. The van der Waals surface area contributed by atoms with E-state index in [1.807, 2.05) is 0 Å². The minimum absolute atomic E-state index is 0.543. The lowest BCUT2D eigenvalue weighted by atomic mass is 10.4. The molecule has 0 aromatic carbocycles. The molecule has 84 valence electrons. The van der Waals surface area contributed by atoms with E-state index in [9.17, 15) is 0 Å². The lowest BCUT2D eigenvalue weighted by molar-refractivity contribution is 0.736.